The first-order valence-corrected chi connectivity index (χ1v) is 9.59. The number of rotatable bonds is 4. The van der Waals surface area contributed by atoms with Gasteiger partial charge in [-0.05, 0) is 57.9 Å². The summed E-state index contributed by atoms with van der Waals surface area (Å²) in [5.41, 5.74) is 0.301. The molecule has 0 saturated carbocycles. The molecular formula is C20H25FN4O2. The molecular weight excluding hydrogens is 347 g/mol. The molecule has 0 N–H and O–H groups in total. The second kappa shape index (κ2) is 7.03. The van der Waals surface area contributed by atoms with Gasteiger partial charge in [0.05, 0.1) is 12.0 Å². The number of benzene rings is 1. The van der Waals surface area contributed by atoms with Crippen LogP contribution in [0.1, 0.15) is 39.0 Å². The zero-order valence-corrected chi connectivity index (χ0v) is 15.8. The molecule has 7 heteroatoms. The van der Waals surface area contributed by atoms with E-state index in [9.17, 15) is 9.18 Å². The van der Waals surface area contributed by atoms with Crippen LogP contribution < -0.4 is 0 Å². The number of hydrogen-bond donors (Lipinski definition) is 0. The molecule has 2 saturated heterocycles. The normalized spacial score (nSPS) is 23.7. The Hall–Kier alpha value is -2.28. The Kier molecular flexibility index (Phi) is 4.72. The summed E-state index contributed by atoms with van der Waals surface area (Å²) >= 11 is 0. The fraction of sp³-hybridized carbons (Fsp3) is 0.550. The van der Waals surface area contributed by atoms with E-state index in [0.717, 1.165) is 38.9 Å². The third kappa shape index (κ3) is 3.48. The SMILES string of the molecule is CC(C)N1CCC[C@@]2(CCN(Cc3nnc(-c4cccc(F)c4)o3)C2)C1=O. The van der Waals surface area contributed by atoms with Crippen LogP contribution in [0, 0.1) is 11.2 Å². The van der Waals surface area contributed by atoms with Crippen LogP contribution in [0.3, 0.4) is 0 Å². The van der Waals surface area contributed by atoms with Gasteiger partial charge in [-0.15, -0.1) is 10.2 Å². The summed E-state index contributed by atoms with van der Waals surface area (Å²) in [6.07, 6.45) is 2.88. The number of likely N-dealkylation sites (tertiary alicyclic amines) is 2. The van der Waals surface area contributed by atoms with Crippen LogP contribution in [-0.4, -0.2) is 51.6 Å². The van der Waals surface area contributed by atoms with Crippen molar-refractivity contribution in [2.75, 3.05) is 19.6 Å². The van der Waals surface area contributed by atoms with E-state index < -0.39 is 0 Å². The van der Waals surface area contributed by atoms with Gasteiger partial charge in [0.2, 0.25) is 17.7 Å². The third-order valence-electron chi connectivity index (χ3n) is 5.72. The number of carbonyl (C=O) groups is 1. The molecule has 0 aliphatic carbocycles. The van der Waals surface area contributed by atoms with Crippen molar-refractivity contribution in [3.8, 4) is 11.5 Å². The topological polar surface area (TPSA) is 62.5 Å². The van der Waals surface area contributed by atoms with Gasteiger partial charge in [-0.25, -0.2) is 4.39 Å². The Bertz CT molecular complexity index is 837. The number of nitrogens with zero attached hydrogens (tertiary/aromatic N) is 4. The first-order valence-electron chi connectivity index (χ1n) is 9.59. The first kappa shape index (κ1) is 18.1. The molecule has 144 valence electrons. The van der Waals surface area contributed by atoms with Gasteiger partial charge in [0, 0.05) is 24.7 Å². The predicted octanol–water partition coefficient (Wildman–Crippen LogP) is 3.10. The van der Waals surface area contributed by atoms with Crippen LogP contribution in [0.25, 0.3) is 11.5 Å². The summed E-state index contributed by atoms with van der Waals surface area (Å²) in [6, 6.07) is 6.36. The van der Waals surface area contributed by atoms with Crippen LogP contribution >= 0.6 is 0 Å². The van der Waals surface area contributed by atoms with Crippen molar-refractivity contribution in [1.29, 1.82) is 0 Å². The molecule has 0 radical (unpaired) electrons. The van der Waals surface area contributed by atoms with E-state index >= 15 is 0 Å². The molecule has 1 aromatic carbocycles. The maximum atomic E-state index is 13.4. The van der Waals surface area contributed by atoms with Gasteiger partial charge in [-0.1, -0.05) is 6.07 Å². The summed E-state index contributed by atoms with van der Waals surface area (Å²) in [6.45, 7) is 7.10. The highest BCUT2D eigenvalue weighted by molar-refractivity contribution is 5.84. The highest BCUT2D eigenvalue weighted by atomic mass is 19.1. The fourth-order valence-electron chi connectivity index (χ4n) is 4.31. The Morgan fingerprint density at radius 2 is 2.11 bits per heavy atom. The van der Waals surface area contributed by atoms with Gasteiger partial charge in [-0.3, -0.25) is 9.69 Å². The van der Waals surface area contributed by atoms with Crippen LogP contribution in [0.2, 0.25) is 0 Å². The van der Waals surface area contributed by atoms with E-state index in [-0.39, 0.29) is 23.2 Å². The highest BCUT2D eigenvalue weighted by Gasteiger charge is 2.48. The van der Waals surface area contributed by atoms with E-state index in [1.165, 1.54) is 12.1 Å². The van der Waals surface area contributed by atoms with Crippen LogP contribution in [0.4, 0.5) is 4.39 Å². The predicted molar refractivity (Wildman–Crippen MR) is 98.1 cm³/mol. The van der Waals surface area contributed by atoms with Crippen molar-refractivity contribution in [1.82, 2.24) is 20.0 Å². The zero-order valence-electron chi connectivity index (χ0n) is 15.8. The number of piperidine rings is 1. The number of aromatic nitrogens is 2. The van der Waals surface area contributed by atoms with Crippen LogP contribution in [0.15, 0.2) is 28.7 Å². The third-order valence-corrected chi connectivity index (χ3v) is 5.72. The summed E-state index contributed by atoms with van der Waals surface area (Å²) in [4.78, 5) is 17.3. The molecule has 2 aromatic rings. The molecule has 1 amide bonds. The van der Waals surface area contributed by atoms with Gasteiger partial charge >= 0.3 is 0 Å². The van der Waals surface area contributed by atoms with Crippen LogP contribution in [0.5, 0.6) is 0 Å². The van der Waals surface area contributed by atoms with Crippen molar-refractivity contribution in [3.05, 3.63) is 36.0 Å². The largest absolute Gasteiger partial charge is 0.419 e. The molecule has 1 spiro atoms. The molecule has 0 bridgehead atoms. The maximum absolute atomic E-state index is 13.4. The average molecular weight is 372 g/mol. The fourth-order valence-corrected chi connectivity index (χ4v) is 4.31. The number of carbonyl (C=O) groups excluding carboxylic acids is 1. The maximum Gasteiger partial charge on any atom is 0.247 e. The van der Waals surface area contributed by atoms with Crippen molar-refractivity contribution in [2.45, 2.75) is 45.7 Å². The second-order valence-electron chi connectivity index (χ2n) is 7.95. The van der Waals surface area contributed by atoms with E-state index in [0.29, 0.717) is 23.9 Å². The number of amides is 1. The molecule has 2 aliphatic rings. The molecule has 4 rings (SSSR count). The number of hydrogen-bond acceptors (Lipinski definition) is 5. The lowest BCUT2D eigenvalue weighted by molar-refractivity contribution is -0.147. The van der Waals surface area contributed by atoms with Gasteiger partial charge in [0.15, 0.2) is 0 Å². The Labute approximate surface area is 158 Å². The van der Waals surface area contributed by atoms with Gasteiger partial charge < -0.3 is 9.32 Å². The van der Waals surface area contributed by atoms with Gasteiger partial charge in [0.25, 0.3) is 0 Å². The first-order chi connectivity index (χ1) is 13.0. The standard InChI is InChI=1S/C20H25FN4O2/c1-14(2)25-9-4-7-20(19(25)26)8-10-24(13-20)12-17-22-23-18(27-17)15-5-3-6-16(21)11-15/h3,5-6,11,14H,4,7-10,12-13H2,1-2H3/t20-/m0/s1. The minimum absolute atomic E-state index is 0.244. The Morgan fingerprint density at radius 3 is 2.89 bits per heavy atom. The van der Waals surface area contributed by atoms with Crippen molar-refractivity contribution in [2.24, 2.45) is 5.41 Å². The lowest BCUT2D eigenvalue weighted by Crippen LogP contribution is -2.52. The van der Waals surface area contributed by atoms with E-state index in [1.54, 1.807) is 12.1 Å². The molecule has 3 heterocycles. The van der Waals surface area contributed by atoms with Gasteiger partial charge in [-0.2, -0.15) is 0 Å². The molecule has 2 aliphatic heterocycles. The molecule has 1 aromatic heterocycles. The molecule has 6 nitrogen and oxygen atoms in total. The quantitative estimate of drug-likeness (QED) is 0.825. The van der Waals surface area contributed by atoms with E-state index in [2.05, 4.69) is 28.9 Å². The number of halogens is 1. The Balaban J connectivity index is 1.44. The Morgan fingerprint density at radius 1 is 1.26 bits per heavy atom. The smallest absolute Gasteiger partial charge is 0.247 e. The molecule has 1 atom stereocenters. The summed E-state index contributed by atoms with van der Waals surface area (Å²) < 4.78 is 19.1. The monoisotopic (exact) mass is 372 g/mol. The minimum atomic E-state index is -0.334. The zero-order chi connectivity index (χ0) is 19.0. The summed E-state index contributed by atoms with van der Waals surface area (Å²) in [5.74, 6) is 0.768. The minimum Gasteiger partial charge on any atom is -0.419 e. The lowest BCUT2D eigenvalue weighted by Gasteiger charge is -2.41. The lowest BCUT2D eigenvalue weighted by atomic mass is 9.78. The van der Waals surface area contributed by atoms with Crippen molar-refractivity contribution >= 4 is 5.91 Å². The molecule has 27 heavy (non-hydrogen) atoms. The van der Waals surface area contributed by atoms with Crippen molar-refractivity contribution in [3.63, 3.8) is 0 Å². The van der Waals surface area contributed by atoms with Crippen LogP contribution in [-0.2, 0) is 11.3 Å². The highest BCUT2D eigenvalue weighted by Crippen LogP contribution is 2.41. The van der Waals surface area contributed by atoms with E-state index in [1.807, 2.05) is 4.90 Å². The molecule has 0 unspecified atom stereocenters. The molecule has 2 fully saturated rings. The summed E-state index contributed by atoms with van der Waals surface area (Å²) in [5, 5.41) is 8.14. The average Bonchev–Trinajstić information content (AvgIpc) is 3.26. The second-order valence-corrected chi connectivity index (χ2v) is 7.95. The van der Waals surface area contributed by atoms with E-state index in [4.69, 9.17) is 4.42 Å². The van der Waals surface area contributed by atoms with Crippen molar-refractivity contribution < 1.29 is 13.6 Å². The van der Waals surface area contributed by atoms with Gasteiger partial charge in [0.1, 0.15) is 5.82 Å². The summed E-state index contributed by atoms with van der Waals surface area (Å²) in [7, 11) is 0.